The summed E-state index contributed by atoms with van der Waals surface area (Å²) in [7, 11) is 0. The Morgan fingerprint density at radius 3 is 2.61 bits per heavy atom. The van der Waals surface area contributed by atoms with E-state index >= 15 is 0 Å². The van der Waals surface area contributed by atoms with Crippen molar-refractivity contribution in [3.8, 4) is 0 Å². The Kier molecular flexibility index (Phi) is 9.49. The number of ether oxygens (including phenoxy) is 5. The first kappa shape index (κ1) is 28.6. The molecule has 0 spiro atoms. The third-order valence-electron chi connectivity index (χ3n) is 5.56. The minimum absolute atomic E-state index is 0.209. The van der Waals surface area contributed by atoms with E-state index in [9.17, 15) is 10.3 Å². The van der Waals surface area contributed by atoms with Gasteiger partial charge >= 0.3 is 5.97 Å². The van der Waals surface area contributed by atoms with Crippen LogP contribution >= 0.6 is 35.0 Å². The predicted molar refractivity (Wildman–Crippen MR) is 144 cm³/mol. The second kappa shape index (κ2) is 12.6. The Morgan fingerprint density at radius 1 is 1.16 bits per heavy atom. The molecule has 2 aliphatic rings. The number of esters is 1. The zero-order valence-electron chi connectivity index (χ0n) is 20.9. The topological polar surface area (TPSA) is 112 Å². The van der Waals surface area contributed by atoms with Crippen molar-refractivity contribution < 1.29 is 28.5 Å². The standard InChI is InChI=1S/C26H27Cl2N3O6S/c1-26(2,3)37-20(32)11-12-33-23-21(30-31-29)22-19(14-34-24(36-22)15-7-5-4-6-8-15)35-25(23)38-16-9-10-17(27)18(28)13-16/h4-13,19,21-25H,14H2,1-3H3/b12-11+/t19-,21?,22+,23-,24?,25-/m1/s1. The number of benzene rings is 2. The van der Waals surface area contributed by atoms with Crippen molar-refractivity contribution in [3.63, 3.8) is 0 Å². The van der Waals surface area contributed by atoms with Crippen LogP contribution in [-0.2, 0) is 28.5 Å². The highest BCUT2D eigenvalue weighted by molar-refractivity contribution is 7.99. The summed E-state index contributed by atoms with van der Waals surface area (Å²) in [5.41, 5.74) is 8.92. The van der Waals surface area contributed by atoms with Crippen molar-refractivity contribution in [2.24, 2.45) is 5.11 Å². The van der Waals surface area contributed by atoms with Gasteiger partial charge in [0.2, 0.25) is 0 Å². The summed E-state index contributed by atoms with van der Waals surface area (Å²) in [6, 6.07) is 13.8. The first-order valence-electron chi connectivity index (χ1n) is 11.8. The molecule has 2 aromatic carbocycles. The largest absolute Gasteiger partial charge is 0.494 e. The number of carbonyl (C=O) groups excluding carboxylic acids is 1. The molecule has 0 bridgehead atoms. The van der Waals surface area contributed by atoms with Crippen molar-refractivity contribution in [2.45, 2.75) is 67.3 Å². The van der Waals surface area contributed by atoms with Gasteiger partial charge in [0.1, 0.15) is 35.4 Å². The van der Waals surface area contributed by atoms with Crippen LogP contribution in [-0.4, -0.2) is 48.0 Å². The van der Waals surface area contributed by atoms with E-state index in [1.54, 1.807) is 39.0 Å². The molecule has 12 heteroatoms. The fourth-order valence-corrected chi connectivity index (χ4v) is 5.50. The highest BCUT2D eigenvalue weighted by atomic mass is 35.5. The Morgan fingerprint density at radius 2 is 1.92 bits per heavy atom. The van der Waals surface area contributed by atoms with Gasteiger partial charge in [-0.15, -0.1) is 0 Å². The number of nitrogens with zero attached hydrogens (tertiary/aromatic N) is 3. The number of rotatable bonds is 7. The van der Waals surface area contributed by atoms with Gasteiger partial charge in [-0.1, -0.05) is 70.4 Å². The Hall–Kier alpha value is -2.43. The second-order valence-electron chi connectivity index (χ2n) is 9.55. The van der Waals surface area contributed by atoms with Crippen LogP contribution in [0, 0.1) is 0 Å². The van der Waals surface area contributed by atoms with Crippen molar-refractivity contribution >= 4 is 40.9 Å². The lowest BCUT2D eigenvalue weighted by Gasteiger charge is -2.47. The predicted octanol–water partition coefficient (Wildman–Crippen LogP) is 6.84. The first-order valence-corrected chi connectivity index (χ1v) is 13.5. The SMILES string of the molecule is CC(C)(C)OC(=O)/C=C/O[C@@H]1C(N=[N+]=[N-])[C@H]2OC(c3ccccc3)OC[C@H]2O[C@@H]1Sc1ccc(Cl)c(Cl)c1. The van der Waals surface area contributed by atoms with Crippen LogP contribution in [0.2, 0.25) is 10.0 Å². The number of hydrogen-bond acceptors (Lipinski definition) is 8. The highest BCUT2D eigenvalue weighted by Crippen LogP contribution is 2.42. The van der Waals surface area contributed by atoms with Crippen molar-refractivity contribution in [3.05, 3.63) is 86.9 Å². The Balaban J connectivity index is 1.60. The lowest BCUT2D eigenvalue weighted by Crippen LogP contribution is -2.60. The van der Waals surface area contributed by atoms with Gasteiger partial charge in [0.25, 0.3) is 0 Å². The molecule has 2 fully saturated rings. The van der Waals surface area contributed by atoms with Gasteiger partial charge in [-0.25, -0.2) is 4.79 Å². The normalized spacial score (nSPS) is 27.3. The maximum Gasteiger partial charge on any atom is 0.334 e. The molecule has 0 saturated carbocycles. The van der Waals surface area contributed by atoms with Gasteiger partial charge in [-0.3, -0.25) is 0 Å². The molecule has 2 heterocycles. The van der Waals surface area contributed by atoms with E-state index in [0.717, 1.165) is 10.5 Å². The number of thioether (sulfide) groups is 1. The third kappa shape index (κ3) is 7.36. The fraction of sp³-hybridized carbons (Fsp3) is 0.423. The van der Waals surface area contributed by atoms with E-state index in [4.69, 9.17) is 46.9 Å². The molecule has 2 unspecified atom stereocenters. The molecule has 2 aliphatic heterocycles. The lowest BCUT2D eigenvalue weighted by atomic mass is 9.96. The molecular formula is C26H27Cl2N3O6S. The molecule has 0 radical (unpaired) electrons. The summed E-state index contributed by atoms with van der Waals surface area (Å²) in [5.74, 6) is -0.576. The third-order valence-corrected chi connectivity index (χ3v) is 7.43. The molecule has 9 nitrogen and oxygen atoms in total. The molecule has 0 N–H and O–H groups in total. The number of fused-ring (bicyclic) bond motifs is 1. The number of hydrogen-bond donors (Lipinski definition) is 0. The number of halogens is 2. The highest BCUT2D eigenvalue weighted by Gasteiger charge is 2.51. The summed E-state index contributed by atoms with van der Waals surface area (Å²) >= 11 is 13.6. The molecular weight excluding hydrogens is 553 g/mol. The zero-order valence-corrected chi connectivity index (χ0v) is 23.2. The lowest BCUT2D eigenvalue weighted by molar-refractivity contribution is -0.297. The number of carbonyl (C=O) groups is 1. The first-order chi connectivity index (χ1) is 18.1. The van der Waals surface area contributed by atoms with E-state index in [2.05, 4.69) is 10.0 Å². The molecule has 2 aromatic rings. The monoisotopic (exact) mass is 579 g/mol. The van der Waals surface area contributed by atoms with Gasteiger partial charge in [0.15, 0.2) is 6.29 Å². The van der Waals surface area contributed by atoms with Crippen LogP contribution in [0.25, 0.3) is 10.4 Å². The molecule has 6 atom stereocenters. The Labute approximate surface area is 234 Å². The Bertz CT molecular complexity index is 1210. The van der Waals surface area contributed by atoms with Crippen LogP contribution in [0.15, 0.2) is 70.9 Å². The molecule has 4 rings (SSSR count). The summed E-state index contributed by atoms with van der Waals surface area (Å²) in [6.07, 6.45) is -0.327. The minimum Gasteiger partial charge on any atom is -0.494 e. The number of azide groups is 1. The molecule has 2 saturated heterocycles. The van der Waals surface area contributed by atoms with Crippen LogP contribution in [0.3, 0.4) is 0 Å². The molecule has 0 amide bonds. The van der Waals surface area contributed by atoms with Crippen LogP contribution < -0.4 is 0 Å². The van der Waals surface area contributed by atoms with Crippen molar-refractivity contribution in [2.75, 3.05) is 6.61 Å². The van der Waals surface area contributed by atoms with Crippen LogP contribution in [0.1, 0.15) is 32.6 Å². The molecule has 38 heavy (non-hydrogen) atoms. The van der Waals surface area contributed by atoms with E-state index in [1.807, 2.05) is 30.3 Å². The van der Waals surface area contributed by atoms with E-state index in [-0.39, 0.29) is 6.61 Å². The minimum atomic E-state index is -0.834. The smallest absolute Gasteiger partial charge is 0.334 e. The van der Waals surface area contributed by atoms with Crippen molar-refractivity contribution in [1.82, 2.24) is 0 Å². The van der Waals surface area contributed by atoms with Crippen LogP contribution in [0.5, 0.6) is 0 Å². The molecule has 0 aromatic heterocycles. The van der Waals surface area contributed by atoms with E-state index in [0.29, 0.717) is 10.0 Å². The van der Waals surface area contributed by atoms with Crippen LogP contribution in [0.4, 0.5) is 0 Å². The molecule has 202 valence electrons. The average Bonchev–Trinajstić information content (AvgIpc) is 2.87. The van der Waals surface area contributed by atoms with Gasteiger partial charge in [0.05, 0.1) is 29.0 Å². The van der Waals surface area contributed by atoms with Gasteiger partial charge in [0, 0.05) is 15.4 Å². The summed E-state index contributed by atoms with van der Waals surface area (Å²) in [4.78, 5) is 16.0. The van der Waals surface area contributed by atoms with Crippen molar-refractivity contribution in [1.29, 1.82) is 0 Å². The summed E-state index contributed by atoms with van der Waals surface area (Å²) < 4.78 is 29.8. The van der Waals surface area contributed by atoms with E-state index in [1.165, 1.54) is 24.1 Å². The van der Waals surface area contributed by atoms with Gasteiger partial charge in [-0.05, 0) is 44.5 Å². The fourth-order valence-electron chi connectivity index (χ4n) is 3.98. The average molecular weight is 580 g/mol. The second-order valence-corrected chi connectivity index (χ2v) is 11.5. The quantitative estimate of drug-likeness (QED) is 0.0880. The maximum atomic E-state index is 12.2. The van der Waals surface area contributed by atoms with Gasteiger partial charge < -0.3 is 23.7 Å². The summed E-state index contributed by atoms with van der Waals surface area (Å²) in [6.45, 7) is 5.51. The molecule has 0 aliphatic carbocycles. The zero-order chi connectivity index (χ0) is 27.3. The van der Waals surface area contributed by atoms with E-state index < -0.39 is 47.7 Å². The maximum absolute atomic E-state index is 12.2. The van der Waals surface area contributed by atoms with Gasteiger partial charge in [-0.2, -0.15) is 0 Å². The summed E-state index contributed by atoms with van der Waals surface area (Å²) in [5, 5.41) is 4.84.